The van der Waals surface area contributed by atoms with Gasteiger partial charge in [0, 0.05) is 24.7 Å². The Labute approximate surface area is 107 Å². The van der Waals surface area contributed by atoms with Gasteiger partial charge in [-0.1, -0.05) is 6.92 Å². The van der Waals surface area contributed by atoms with Crippen LogP contribution in [-0.4, -0.2) is 17.5 Å². The van der Waals surface area contributed by atoms with Gasteiger partial charge in [0.2, 0.25) is 0 Å². The van der Waals surface area contributed by atoms with Crippen molar-refractivity contribution < 1.29 is 4.92 Å². The Morgan fingerprint density at radius 3 is 2.89 bits per heavy atom. The predicted molar refractivity (Wildman–Crippen MR) is 72.8 cm³/mol. The van der Waals surface area contributed by atoms with Gasteiger partial charge >= 0.3 is 0 Å². The third kappa shape index (κ3) is 2.39. The van der Waals surface area contributed by atoms with Gasteiger partial charge in [-0.2, -0.15) is 0 Å². The molecule has 0 aliphatic carbocycles. The fourth-order valence-corrected chi connectivity index (χ4v) is 2.66. The van der Waals surface area contributed by atoms with E-state index in [0.29, 0.717) is 11.7 Å². The van der Waals surface area contributed by atoms with E-state index in [-0.39, 0.29) is 5.69 Å². The average molecular weight is 249 g/mol. The first-order chi connectivity index (χ1) is 8.63. The van der Waals surface area contributed by atoms with Crippen molar-refractivity contribution in [1.82, 2.24) is 0 Å². The van der Waals surface area contributed by atoms with Crippen molar-refractivity contribution in [3.63, 3.8) is 0 Å². The van der Waals surface area contributed by atoms with Crippen molar-refractivity contribution in [2.75, 3.05) is 17.2 Å². The molecule has 0 spiro atoms. The van der Waals surface area contributed by atoms with Crippen LogP contribution in [0.1, 0.15) is 32.6 Å². The molecule has 1 atom stereocenters. The van der Waals surface area contributed by atoms with Crippen LogP contribution in [0, 0.1) is 10.1 Å². The molecular formula is C13H19N3O2. The van der Waals surface area contributed by atoms with Gasteiger partial charge in [-0.15, -0.1) is 0 Å². The number of benzene rings is 1. The fraction of sp³-hybridized carbons (Fsp3) is 0.538. The molecule has 0 radical (unpaired) electrons. The van der Waals surface area contributed by atoms with Crippen molar-refractivity contribution in [1.29, 1.82) is 0 Å². The lowest BCUT2D eigenvalue weighted by Crippen LogP contribution is -2.39. The standard InChI is InChI=1S/C13H19N3O2/c1-2-10-5-3-4-8-15(10)13-7-6-11(16(17)18)9-12(13)14/h6-7,9-10H,2-5,8,14H2,1H3. The van der Waals surface area contributed by atoms with Crippen LogP contribution >= 0.6 is 0 Å². The zero-order valence-corrected chi connectivity index (χ0v) is 10.6. The molecule has 0 bridgehead atoms. The van der Waals surface area contributed by atoms with Gasteiger partial charge in [-0.25, -0.2) is 0 Å². The molecule has 18 heavy (non-hydrogen) atoms. The SMILES string of the molecule is CCC1CCCCN1c1ccc([N+](=O)[O-])cc1N. The quantitative estimate of drug-likeness (QED) is 0.508. The first kappa shape index (κ1) is 12.7. The lowest BCUT2D eigenvalue weighted by atomic mass is 9.99. The summed E-state index contributed by atoms with van der Waals surface area (Å²) in [4.78, 5) is 12.6. The minimum Gasteiger partial charge on any atom is -0.397 e. The minimum absolute atomic E-state index is 0.0568. The molecule has 1 aromatic carbocycles. The number of rotatable bonds is 3. The Bertz CT molecular complexity index is 448. The first-order valence-electron chi connectivity index (χ1n) is 6.44. The first-order valence-corrected chi connectivity index (χ1v) is 6.44. The smallest absolute Gasteiger partial charge is 0.271 e. The number of anilines is 2. The zero-order chi connectivity index (χ0) is 13.1. The number of hydrogen-bond acceptors (Lipinski definition) is 4. The van der Waals surface area contributed by atoms with Crippen LogP contribution in [-0.2, 0) is 0 Å². The van der Waals surface area contributed by atoms with E-state index in [1.165, 1.54) is 25.0 Å². The Balaban J connectivity index is 2.29. The molecule has 2 rings (SSSR count). The van der Waals surface area contributed by atoms with Gasteiger partial charge < -0.3 is 10.6 Å². The van der Waals surface area contributed by atoms with Gasteiger partial charge in [0.25, 0.3) is 5.69 Å². The van der Waals surface area contributed by atoms with Crippen LogP contribution in [0.3, 0.4) is 0 Å². The minimum atomic E-state index is -0.409. The fourth-order valence-electron chi connectivity index (χ4n) is 2.66. The summed E-state index contributed by atoms with van der Waals surface area (Å²) in [5.74, 6) is 0. The average Bonchev–Trinajstić information content (AvgIpc) is 2.38. The maximum atomic E-state index is 10.7. The maximum absolute atomic E-state index is 10.7. The number of non-ortho nitro benzene ring substituents is 1. The molecule has 5 nitrogen and oxygen atoms in total. The third-order valence-corrected chi connectivity index (χ3v) is 3.63. The molecule has 1 heterocycles. The molecule has 0 amide bonds. The lowest BCUT2D eigenvalue weighted by Gasteiger charge is -2.37. The van der Waals surface area contributed by atoms with E-state index in [2.05, 4.69) is 11.8 Å². The summed E-state index contributed by atoms with van der Waals surface area (Å²) in [6, 6.07) is 5.27. The predicted octanol–water partition coefficient (Wildman–Crippen LogP) is 2.95. The summed E-state index contributed by atoms with van der Waals surface area (Å²) in [5, 5.41) is 10.7. The number of nitrogens with two attached hydrogens (primary N) is 1. The second-order valence-corrected chi connectivity index (χ2v) is 4.75. The van der Waals surface area contributed by atoms with Gasteiger partial charge in [-0.3, -0.25) is 10.1 Å². The van der Waals surface area contributed by atoms with Crippen molar-refractivity contribution in [3.05, 3.63) is 28.3 Å². The summed E-state index contributed by atoms with van der Waals surface area (Å²) in [5.41, 5.74) is 7.46. The largest absolute Gasteiger partial charge is 0.397 e. The van der Waals surface area contributed by atoms with E-state index in [1.54, 1.807) is 6.07 Å². The topological polar surface area (TPSA) is 72.4 Å². The van der Waals surface area contributed by atoms with Crippen molar-refractivity contribution >= 4 is 17.1 Å². The van der Waals surface area contributed by atoms with Crippen LogP contribution in [0.4, 0.5) is 17.1 Å². The van der Waals surface area contributed by atoms with Crippen LogP contribution in [0.25, 0.3) is 0 Å². The number of piperidine rings is 1. The number of nitro groups is 1. The van der Waals surface area contributed by atoms with E-state index in [1.807, 2.05) is 0 Å². The molecule has 1 fully saturated rings. The van der Waals surface area contributed by atoms with Crippen molar-refractivity contribution in [2.45, 2.75) is 38.6 Å². The van der Waals surface area contributed by atoms with E-state index in [9.17, 15) is 10.1 Å². The molecule has 1 aliphatic rings. The molecule has 1 saturated heterocycles. The second-order valence-electron chi connectivity index (χ2n) is 4.75. The van der Waals surface area contributed by atoms with Crippen molar-refractivity contribution in [2.24, 2.45) is 0 Å². The summed E-state index contributed by atoms with van der Waals surface area (Å²) < 4.78 is 0. The van der Waals surface area contributed by atoms with E-state index in [4.69, 9.17) is 5.73 Å². The van der Waals surface area contributed by atoms with Crippen LogP contribution in [0.5, 0.6) is 0 Å². The molecular weight excluding hydrogens is 230 g/mol. The highest BCUT2D eigenvalue weighted by molar-refractivity contribution is 5.71. The van der Waals surface area contributed by atoms with E-state index in [0.717, 1.165) is 25.1 Å². The molecule has 0 aromatic heterocycles. The highest BCUT2D eigenvalue weighted by Gasteiger charge is 2.23. The monoisotopic (exact) mass is 249 g/mol. The summed E-state index contributed by atoms with van der Waals surface area (Å²) in [6.45, 7) is 3.16. The molecule has 0 saturated carbocycles. The lowest BCUT2D eigenvalue weighted by molar-refractivity contribution is -0.384. The van der Waals surface area contributed by atoms with Gasteiger partial charge in [0.05, 0.1) is 16.3 Å². The zero-order valence-electron chi connectivity index (χ0n) is 10.6. The summed E-state index contributed by atoms with van der Waals surface area (Å²) in [6.07, 6.45) is 4.66. The second kappa shape index (κ2) is 5.25. The van der Waals surface area contributed by atoms with E-state index < -0.39 is 4.92 Å². The highest BCUT2D eigenvalue weighted by atomic mass is 16.6. The van der Waals surface area contributed by atoms with E-state index >= 15 is 0 Å². The highest BCUT2D eigenvalue weighted by Crippen LogP contribution is 2.33. The normalized spacial score (nSPS) is 19.8. The summed E-state index contributed by atoms with van der Waals surface area (Å²) >= 11 is 0. The molecule has 2 N–H and O–H groups in total. The number of hydrogen-bond donors (Lipinski definition) is 1. The number of nitrogen functional groups attached to an aromatic ring is 1. The number of nitro benzene ring substituents is 1. The molecule has 98 valence electrons. The Morgan fingerprint density at radius 1 is 1.50 bits per heavy atom. The Morgan fingerprint density at radius 2 is 2.28 bits per heavy atom. The Hall–Kier alpha value is -1.78. The third-order valence-electron chi connectivity index (χ3n) is 3.63. The van der Waals surface area contributed by atoms with Crippen molar-refractivity contribution in [3.8, 4) is 0 Å². The van der Waals surface area contributed by atoms with Crippen LogP contribution in [0.2, 0.25) is 0 Å². The molecule has 1 aliphatic heterocycles. The molecule has 1 aromatic rings. The number of nitrogens with zero attached hydrogens (tertiary/aromatic N) is 2. The van der Waals surface area contributed by atoms with Crippen LogP contribution < -0.4 is 10.6 Å². The van der Waals surface area contributed by atoms with Gasteiger partial charge in [0.15, 0.2) is 0 Å². The van der Waals surface area contributed by atoms with Gasteiger partial charge in [0.1, 0.15) is 0 Å². The molecule has 5 heteroatoms. The van der Waals surface area contributed by atoms with Crippen LogP contribution in [0.15, 0.2) is 18.2 Å². The summed E-state index contributed by atoms with van der Waals surface area (Å²) in [7, 11) is 0. The van der Waals surface area contributed by atoms with Gasteiger partial charge in [-0.05, 0) is 31.7 Å². The Kier molecular flexibility index (Phi) is 3.69. The maximum Gasteiger partial charge on any atom is 0.271 e. The molecule has 1 unspecified atom stereocenters.